The minimum atomic E-state index is -3.80. The number of halogens is 2. The summed E-state index contributed by atoms with van der Waals surface area (Å²) >= 11 is 12.8. The van der Waals surface area contributed by atoms with Crippen LogP contribution in [0.2, 0.25) is 10.0 Å². The van der Waals surface area contributed by atoms with E-state index < -0.39 is 28.5 Å². The summed E-state index contributed by atoms with van der Waals surface area (Å²) in [4.78, 5) is 28.2. The molecule has 2 aromatic carbocycles. The highest BCUT2D eigenvalue weighted by Gasteiger charge is 2.32. The van der Waals surface area contributed by atoms with Crippen LogP contribution in [0.3, 0.4) is 0 Å². The molecule has 0 spiro atoms. The number of hydrogen-bond acceptors (Lipinski definition) is 4. The fourth-order valence-corrected chi connectivity index (χ4v) is 5.07. The molecule has 198 valence electrons. The van der Waals surface area contributed by atoms with Gasteiger partial charge in [-0.25, -0.2) is 8.42 Å². The smallest absolute Gasteiger partial charge is 0.244 e. The molecule has 0 aliphatic rings. The topological polar surface area (TPSA) is 86.8 Å². The number of aryl methyl sites for hydroxylation is 1. The molecule has 2 rings (SSSR count). The fourth-order valence-electron chi connectivity index (χ4n) is 3.71. The molecular weight excluding hydrogens is 521 g/mol. The molecule has 0 aromatic heterocycles. The lowest BCUT2D eigenvalue weighted by Gasteiger charge is -2.33. The third-order valence-electron chi connectivity index (χ3n) is 5.77. The lowest BCUT2D eigenvalue weighted by atomic mass is 10.1. The van der Waals surface area contributed by atoms with Crippen LogP contribution in [0.25, 0.3) is 0 Å². The summed E-state index contributed by atoms with van der Waals surface area (Å²) in [6.07, 6.45) is 2.17. The van der Waals surface area contributed by atoms with E-state index in [1.807, 2.05) is 32.9 Å². The third kappa shape index (κ3) is 8.11. The second-order valence-corrected chi connectivity index (χ2v) is 11.8. The molecule has 2 aromatic rings. The molecule has 10 heteroatoms. The Morgan fingerprint density at radius 2 is 1.58 bits per heavy atom. The Balaban J connectivity index is 2.47. The highest BCUT2D eigenvalue weighted by molar-refractivity contribution is 7.92. The van der Waals surface area contributed by atoms with Crippen molar-refractivity contribution >= 4 is 50.7 Å². The van der Waals surface area contributed by atoms with Crippen LogP contribution in [0.15, 0.2) is 42.5 Å². The summed E-state index contributed by atoms with van der Waals surface area (Å²) in [5.41, 5.74) is 1.90. The number of hydrogen-bond donors (Lipinski definition) is 1. The second-order valence-electron chi connectivity index (χ2n) is 9.07. The molecule has 0 aliphatic heterocycles. The summed E-state index contributed by atoms with van der Waals surface area (Å²) < 4.78 is 26.4. The minimum absolute atomic E-state index is 0.0443. The zero-order chi connectivity index (χ0) is 27.0. The van der Waals surface area contributed by atoms with Crippen LogP contribution < -0.4 is 9.62 Å². The number of amides is 2. The number of carbonyl (C=O) groups is 2. The Morgan fingerprint density at radius 3 is 2.06 bits per heavy atom. The van der Waals surface area contributed by atoms with Crippen molar-refractivity contribution in [2.24, 2.45) is 5.92 Å². The van der Waals surface area contributed by atoms with Crippen LogP contribution in [-0.2, 0) is 32.6 Å². The predicted molar refractivity (Wildman–Crippen MR) is 147 cm³/mol. The average molecular weight is 557 g/mol. The SMILES string of the molecule is CCc1ccc(N(CC(=O)N(Cc2c(Cl)cccc2Cl)[C@@H](CC)C(=O)NCC(C)C)S(C)(=O)=O)cc1. The Morgan fingerprint density at radius 1 is 1.00 bits per heavy atom. The predicted octanol–water partition coefficient (Wildman–Crippen LogP) is 4.90. The molecule has 0 aliphatic carbocycles. The molecule has 0 radical (unpaired) electrons. The molecule has 36 heavy (non-hydrogen) atoms. The minimum Gasteiger partial charge on any atom is -0.354 e. The molecule has 0 saturated heterocycles. The van der Waals surface area contributed by atoms with Crippen LogP contribution in [0.5, 0.6) is 0 Å². The molecule has 0 unspecified atom stereocenters. The van der Waals surface area contributed by atoms with Gasteiger partial charge in [-0.2, -0.15) is 0 Å². The fraction of sp³-hybridized carbons (Fsp3) is 0.462. The molecule has 0 saturated carbocycles. The van der Waals surface area contributed by atoms with Crippen molar-refractivity contribution in [3.63, 3.8) is 0 Å². The van der Waals surface area contributed by atoms with Crippen molar-refractivity contribution in [3.8, 4) is 0 Å². The van der Waals surface area contributed by atoms with Gasteiger partial charge >= 0.3 is 0 Å². The first-order valence-corrected chi connectivity index (χ1v) is 14.6. The lowest BCUT2D eigenvalue weighted by Crippen LogP contribution is -2.52. The van der Waals surface area contributed by atoms with E-state index in [1.165, 1.54) is 4.90 Å². The van der Waals surface area contributed by atoms with Crippen LogP contribution >= 0.6 is 23.2 Å². The van der Waals surface area contributed by atoms with Gasteiger partial charge in [-0.15, -0.1) is 0 Å². The van der Waals surface area contributed by atoms with Gasteiger partial charge in [0.1, 0.15) is 12.6 Å². The highest BCUT2D eigenvalue weighted by atomic mass is 35.5. The van der Waals surface area contributed by atoms with E-state index in [1.54, 1.807) is 37.3 Å². The Kier molecular flexibility index (Phi) is 11.1. The normalized spacial score (nSPS) is 12.3. The summed E-state index contributed by atoms with van der Waals surface area (Å²) in [7, 11) is -3.80. The van der Waals surface area contributed by atoms with Crippen molar-refractivity contribution < 1.29 is 18.0 Å². The monoisotopic (exact) mass is 555 g/mol. The molecule has 0 fully saturated rings. The van der Waals surface area contributed by atoms with Gasteiger partial charge in [0.15, 0.2) is 0 Å². The summed E-state index contributed by atoms with van der Waals surface area (Å²) in [5.74, 6) is -0.635. The Hall–Kier alpha value is -2.29. The van der Waals surface area contributed by atoms with Gasteiger partial charge in [-0.05, 0) is 48.6 Å². The van der Waals surface area contributed by atoms with Crippen molar-refractivity contribution in [2.45, 2.75) is 53.1 Å². The van der Waals surface area contributed by atoms with Crippen LogP contribution in [0.1, 0.15) is 45.2 Å². The number of sulfonamides is 1. The molecule has 1 atom stereocenters. The van der Waals surface area contributed by atoms with E-state index in [-0.39, 0.29) is 18.4 Å². The highest BCUT2D eigenvalue weighted by Crippen LogP contribution is 2.27. The lowest BCUT2D eigenvalue weighted by molar-refractivity contribution is -0.140. The van der Waals surface area contributed by atoms with Gasteiger partial charge in [-0.3, -0.25) is 13.9 Å². The van der Waals surface area contributed by atoms with E-state index in [2.05, 4.69) is 5.32 Å². The van der Waals surface area contributed by atoms with Gasteiger partial charge < -0.3 is 10.2 Å². The van der Waals surface area contributed by atoms with Crippen molar-refractivity contribution in [3.05, 3.63) is 63.6 Å². The van der Waals surface area contributed by atoms with Gasteiger partial charge in [0.2, 0.25) is 21.8 Å². The van der Waals surface area contributed by atoms with E-state index in [0.29, 0.717) is 34.3 Å². The summed E-state index contributed by atoms with van der Waals surface area (Å²) in [6, 6.07) is 11.2. The second kappa shape index (κ2) is 13.3. The standard InChI is InChI=1S/C26H35Cl2N3O4S/c1-6-19-11-13-20(14-12-19)31(36(5,34)35)17-25(32)30(16-21-22(27)9-8-10-23(21)28)24(7-2)26(33)29-15-18(3)4/h8-14,18,24H,6-7,15-17H2,1-5H3,(H,29,33)/t24-/m0/s1. The van der Waals surface area contributed by atoms with Gasteiger partial charge in [0.05, 0.1) is 11.9 Å². The number of nitrogens with zero attached hydrogens (tertiary/aromatic N) is 2. The zero-order valence-electron chi connectivity index (χ0n) is 21.4. The van der Waals surface area contributed by atoms with E-state index in [9.17, 15) is 18.0 Å². The first-order chi connectivity index (χ1) is 16.9. The van der Waals surface area contributed by atoms with E-state index in [0.717, 1.165) is 22.5 Å². The third-order valence-corrected chi connectivity index (χ3v) is 7.62. The number of nitrogens with one attached hydrogen (secondary N) is 1. The summed E-state index contributed by atoms with van der Waals surface area (Å²) in [6.45, 7) is 7.68. The number of carbonyl (C=O) groups excluding carboxylic acids is 2. The number of benzene rings is 2. The average Bonchev–Trinajstić information content (AvgIpc) is 2.82. The Bertz CT molecular complexity index is 1130. The zero-order valence-corrected chi connectivity index (χ0v) is 23.8. The van der Waals surface area contributed by atoms with Crippen LogP contribution in [0.4, 0.5) is 5.69 Å². The van der Waals surface area contributed by atoms with Crippen molar-refractivity contribution in [2.75, 3.05) is 23.7 Å². The maximum atomic E-state index is 13.7. The molecule has 1 N–H and O–H groups in total. The molecule has 2 amide bonds. The van der Waals surface area contributed by atoms with Gasteiger partial charge in [-0.1, -0.05) is 69.1 Å². The van der Waals surface area contributed by atoms with Crippen LogP contribution in [0, 0.1) is 5.92 Å². The van der Waals surface area contributed by atoms with Crippen molar-refractivity contribution in [1.82, 2.24) is 10.2 Å². The maximum absolute atomic E-state index is 13.7. The van der Waals surface area contributed by atoms with E-state index in [4.69, 9.17) is 23.2 Å². The summed E-state index contributed by atoms with van der Waals surface area (Å²) in [5, 5.41) is 3.59. The Labute approximate surface area is 224 Å². The number of anilines is 1. The molecular formula is C26H35Cl2N3O4S. The molecule has 7 nitrogen and oxygen atoms in total. The molecule has 0 bridgehead atoms. The first kappa shape index (κ1) is 29.9. The molecule has 0 heterocycles. The largest absolute Gasteiger partial charge is 0.354 e. The van der Waals surface area contributed by atoms with Gasteiger partial charge in [0.25, 0.3) is 0 Å². The van der Waals surface area contributed by atoms with Gasteiger partial charge in [0, 0.05) is 28.7 Å². The maximum Gasteiger partial charge on any atom is 0.244 e. The quantitative estimate of drug-likeness (QED) is 0.403. The van der Waals surface area contributed by atoms with E-state index >= 15 is 0 Å². The van der Waals surface area contributed by atoms with Crippen LogP contribution in [-0.4, -0.2) is 50.5 Å². The number of rotatable bonds is 12. The first-order valence-electron chi connectivity index (χ1n) is 12.0. The van der Waals surface area contributed by atoms with Crippen molar-refractivity contribution in [1.29, 1.82) is 0 Å².